The number of imidazole rings is 1. The van der Waals surface area contributed by atoms with E-state index in [4.69, 9.17) is 12.2 Å². The van der Waals surface area contributed by atoms with Gasteiger partial charge in [0.05, 0.1) is 22.6 Å². The molecule has 0 aliphatic carbocycles. The zero-order chi connectivity index (χ0) is 19.0. The van der Waals surface area contributed by atoms with Crippen molar-refractivity contribution in [2.24, 2.45) is 0 Å². The highest BCUT2D eigenvalue weighted by atomic mass is 32.1. The molecule has 1 saturated heterocycles. The summed E-state index contributed by atoms with van der Waals surface area (Å²) in [6, 6.07) is 12.6. The number of aromatic nitrogens is 2. The highest BCUT2D eigenvalue weighted by molar-refractivity contribution is 7.71. The molecule has 27 heavy (non-hydrogen) atoms. The summed E-state index contributed by atoms with van der Waals surface area (Å²) in [6.07, 6.45) is 0. The molecule has 0 spiro atoms. The topological polar surface area (TPSA) is 33.4 Å². The molecule has 0 unspecified atom stereocenters. The summed E-state index contributed by atoms with van der Waals surface area (Å²) in [5.41, 5.74) is 2.36. The first-order valence-electron chi connectivity index (χ1n) is 9.31. The number of hydrogen-bond donors (Lipinski definition) is 0. The van der Waals surface area contributed by atoms with Crippen LogP contribution in [-0.4, -0.2) is 51.0 Å². The molecule has 1 aliphatic rings. The number of rotatable bonds is 4. The van der Waals surface area contributed by atoms with Gasteiger partial charge in [-0.3, -0.25) is 9.69 Å². The van der Waals surface area contributed by atoms with E-state index in [1.807, 2.05) is 22.4 Å². The van der Waals surface area contributed by atoms with E-state index in [1.165, 1.54) is 22.4 Å². The Morgan fingerprint density at radius 3 is 2.41 bits per heavy atom. The second-order valence-corrected chi connectivity index (χ2v) is 8.50. The molecule has 0 atom stereocenters. The SMILES string of the molecule is CC(C)n1c(=S)n(CN2CCN(C(=O)c3cccs3)CC2)c2ccccc21. The molecule has 0 radical (unpaired) electrons. The first kappa shape index (κ1) is 18.4. The summed E-state index contributed by atoms with van der Waals surface area (Å²) in [5, 5.41) is 1.95. The quantitative estimate of drug-likeness (QED) is 0.615. The number of amides is 1. The third kappa shape index (κ3) is 3.47. The van der Waals surface area contributed by atoms with Crippen LogP contribution in [0.3, 0.4) is 0 Å². The van der Waals surface area contributed by atoms with Gasteiger partial charge in [0.1, 0.15) is 0 Å². The predicted molar refractivity (Wildman–Crippen MR) is 113 cm³/mol. The van der Waals surface area contributed by atoms with Crippen LogP contribution in [0.25, 0.3) is 11.0 Å². The lowest BCUT2D eigenvalue weighted by molar-refractivity contribution is 0.0600. The van der Waals surface area contributed by atoms with Crippen LogP contribution in [0, 0.1) is 4.77 Å². The van der Waals surface area contributed by atoms with Crippen molar-refractivity contribution in [2.75, 3.05) is 26.2 Å². The Labute approximate surface area is 168 Å². The molecule has 1 amide bonds. The molecule has 1 fully saturated rings. The average molecular weight is 401 g/mol. The van der Waals surface area contributed by atoms with Gasteiger partial charge in [-0.05, 0) is 49.6 Å². The van der Waals surface area contributed by atoms with E-state index in [9.17, 15) is 4.79 Å². The largest absolute Gasteiger partial charge is 0.335 e. The highest BCUT2D eigenvalue weighted by Crippen LogP contribution is 2.23. The van der Waals surface area contributed by atoms with Gasteiger partial charge in [0.25, 0.3) is 5.91 Å². The minimum atomic E-state index is 0.151. The Hall–Kier alpha value is -1.96. The van der Waals surface area contributed by atoms with E-state index in [-0.39, 0.29) is 5.91 Å². The molecular weight excluding hydrogens is 376 g/mol. The van der Waals surface area contributed by atoms with Crippen molar-refractivity contribution in [1.29, 1.82) is 0 Å². The molecular formula is C20H24N4OS2. The molecule has 3 heterocycles. The van der Waals surface area contributed by atoms with Gasteiger partial charge in [0.2, 0.25) is 0 Å². The van der Waals surface area contributed by atoms with Crippen molar-refractivity contribution in [3.8, 4) is 0 Å². The standard InChI is InChI=1S/C20H24N4OS2/c1-15(2)24-17-7-4-3-6-16(17)23(20(24)26)14-21-9-11-22(12-10-21)19(25)18-8-5-13-27-18/h3-8,13,15H,9-12,14H2,1-2H3. The number of hydrogen-bond acceptors (Lipinski definition) is 4. The van der Waals surface area contributed by atoms with Gasteiger partial charge in [0, 0.05) is 32.2 Å². The number of fused-ring (bicyclic) bond motifs is 1. The smallest absolute Gasteiger partial charge is 0.264 e. The summed E-state index contributed by atoms with van der Waals surface area (Å²) in [7, 11) is 0. The van der Waals surface area contributed by atoms with Gasteiger partial charge in [-0.15, -0.1) is 11.3 Å². The van der Waals surface area contributed by atoms with Crippen molar-refractivity contribution in [3.05, 3.63) is 51.4 Å². The van der Waals surface area contributed by atoms with Crippen LogP contribution in [0.1, 0.15) is 29.6 Å². The van der Waals surface area contributed by atoms with Crippen molar-refractivity contribution >= 4 is 40.5 Å². The van der Waals surface area contributed by atoms with Gasteiger partial charge < -0.3 is 14.0 Å². The van der Waals surface area contributed by atoms with Crippen LogP contribution in [0.15, 0.2) is 41.8 Å². The fourth-order valence-corrected chi connectivity index (χ4v) is 4.87. The third-order valence-corrected chi connectivity index (χ3v) is 6.39. The van der Waals surface area contributed by atoms with Gasteiger partial charge in [-0.2, -0.15) is 0 Å². The van der Waals surface area contributed by atoms with Gasteiger partial charge in [-0.1, -0.05) is 18.2 Å². The second kappa shape index (κ2) is 7.58. The molecule has 4 rings (SSSR count). The Morgan fingerprint density at radius 2 is 1.78 bits per heavy atom. The average Bonchev–Trinajstić information content (AvgIpc) is 3.29. The number of thiophene rings is 1. The lowest BCUT2D eigenvalue weighted by Crippen LogP contribution is -2.48. The van der Waals surface area contributed by atoms with E-state index in [0.717, 1.165) is 42.5 Å². The summed E-state index contributed by atoms with van der Waals surface area (Å²) < 4.78 is 5.31. The maximum Gasteiger partial charge on any atom is 0.264 e. The lowest BCUT2D eigenvalue weighted by Gasteiger charge is -2.34. The molecule has 142 valence electrons. The third-order valence-electron chi connectivity index (χ3n) is 5.12. The Balaban J connectivity index is 1.51. The van der Waals surface area contributed by atoms with Crippen molar-refractivity contribution < 1.29 is 4.79 Å². The summed E-state index contributed by atoms with van der Waals surface area (Å²) in [5.74, 6) is 0.151. The normalized spacial score (nSPS) is 15.7. The lowest BCUT2D eigenvalue weighted by atomic mass is 10.3. The van der Waals surface area contributed by atoms with Crippen LogP contribution in [0.5, 0.6) is 0 Å². The van der Waals surface area contributed by atoms with E-state index in [1.54, 1.807) is 0 Å². The van der Waals surface area contributed by atoms with Gasteiger partial charge in [-0.25, -0.2) is 0 Å². The molecule has 0 bridgehead atoms. The molecule has 7 heteroatoms. The number of piperazine rings is 1. The van der Waals surface area contributed by atoms with Crippen LogP contribution in [0.2, 0.25) is 0 Å². The molecule has 5 nitrogen and oxygen atoms in total. The number of carbonyl (C=O) groups is 1. The van der Waals surface area contributed by atoms with Crippen molar-refractivity contribution in [2.45, 2.75) is 26.6 Å². The van der Waals surface area contributed by atoms with Crippen LogP contribution >= 0.6 is 23.6 Å². The van der Waals surface area contributed by atoms with Crippen molar-refractivity contribution in [3.63, 3.8) is 0 Å². The Kier molecular flexibility index (Phi) is 5.16. The minimum Gasteiger partial charge on any atom is -0.335 e. The maximum atomic E-state index is 12.5. The predicted octanol–water partition coefficient (Wildman–Crippen LogP) is 4.23. The number of carbonyl (C=O) groups excluding carboxylic acids is 1. The zero-order valence-electron chi connectivity index (χ0n) is 15.7. The molecule has 0 saturated carbocycles. The maximum absolute atomic E-state index is 12.5. The highest BCUT2D eigenvalue weighted by Gasteiger charge is 2.23. The zero-order valence-corrected chi connectivity index (χ0v) is 17.3. The van der Waals surface area contributed by atoms with Crippen LogP contribution in [0.4, 0.5) is 0 Å². The molecule has 0 N–H and O–H groups in total. The number of nitrogens with zero attached hydrogens (tertiary/aromatic N) is 4. The molecule has 1 aromatic carbocycles. The molecule has 1 aliphatic heterocycles. The van der Waals surface area contributed by atoms with Crippen LogP contribution < -0.4 is 0 Å². The summed E-state index contributed by atoms with van der Waals surface area (Å²) >= 11 is 7.30. The van der Waals surface area contributed by atoms with Gasteiger partial charge >= 0.3 is 0 Å². The first-order valence-corrected chi connectivity index (χ1v) is 10.6. The summed E-state index contributed by atoms with van der Waals surface area (Å²) in [4.78, 5) is 17.7. The fourth-order valence-electron chi connectivity index (χ4n) is 3.72. The monoisotopic (exact) mass is 400 g/mol. The Bertz CT molecular complexity index is 995. The number of para-hydroxylation sites is 2. The Morgan fingerprint density at radius 1 is 1.07 bits per heavy atom. The molecule has 2 aromatic heterocycles. The van der Waals surface area contributed by atoms with Crippen LogP contribution in [-0.2, 0) is 6.67 Å². The summed E-state index contributed by atoms with van der Waals surface area (Å²) in [6.45, 7) is 8.34. The first-order chi connectivity index (χ1) is 13.1. The van der Waals surface area contributed by atoms with Gasteiger partial charge in [0.15, 0.2) is 4.77 Å². The minimum absolute atomic E-state index is 0.151. The van der Waals surface area contributed by atoms with E-state index in [0.29, 0.717) is 6.04 Å². The van der Waals surface area contributed by atoms with E-state index < -0.39 is 0 Å². The fraction of sp³-hybridized carbons (Fsp3) is 0.400. The number of benzene rings is 1. The van der Waals surface area contributed by atoms with E-state index in [2.05, 4.69) is 52.1 Å². The second-order valence-electron chi connectivity index (χ2n) is 7.19. The van der Waals surface area contributed by atoms with Crippen molar-refractivity contribution in [1.82, 2.24) is 18.9 Å². The van der Waals surface area contributed by atoms with E-state index >= 15 is 0 Å². The molecule has 3 aromatic rings.